The van der Waals surface area contributed by atoms with Crippen LogP contribution in [0.1, 0.15) is 90.2 Å². The predicted octanol–water partition coefficient (Wildman–Crippen LogP) is 13.1. The second-order valence-corrected chi connectivity index (χ2v) is 16.7. The van der Waals surface area contributed by atoms with Gasteiger partial charge in [0, 0.05) is 43.7 Å². The Morgan fingerprint density at radius 1 is 0.400 bits per heavy atom. The van der Waals surface area contributed by atoms with Gasteiger partial charge < -0.3 is 9.80 Å². The number of benzene rings is 6. The molecule has 2 nitrogen and oxygen atoms in total. The molecule has 2 heteroatoms. The molecule has 0 amide bonds. The first-order valence-electron chi connectivity index (χ1n) is 19.1. The van der Waals surface area contributed by atoms with Crippen molar-refractivity contribution in [3.63, 3.8) is 0 Å². The van der Waals surface area contributed by atoms with Gasteiger partial charge in [0.25, 0.3) is 0 Å². The fraction of sp³-hybridized carbons (Fsp3) is 0.333. The van der Waals surface area contributed by atoms with Crippen LogP contribution >= 0.6 is 0 Å². The minimum absolute atomic E-state index is 0.0293. The van der Waals surface area contributed by atoms with Crippen LogP contribution in [0.25, 0.3) is 32.7 Å². The summed E-state index contributed by atoms with van der Waals surface area (Å²) in [5.41, 5.74) is 11.2. The fourth-order valence-electron chi connectivity index (χ4n) is 11.5. The lowest BCUT2D eigenvalue weighted by molar-refractivity contribution is 0.195. The Bertz CT molecular complexity index is 2320. The summed E-state index contributed by atoms with van der Waals surface area (Å²) in [7, 11) is 0. The van der Waals surface area contributed by atoms with E-state index < -0.39 is 0 Å². The van der Waals surface area contributed by atoms with Crippen LogP contribution in [0, 0.1) is 0 Å². The smallest absolute Gasteiger partial charge is 0.0577 e. The summed E-state index contributed by atoms with van der Waals surface area (Å²) in [6.45, 7) is 10.3. The van der Waals surface area contributed by atoms with E-state index in [0.29, 0.717) is 0 Å². The molecule has 0 spiro atoms. The van der Waals surface area contributed by atoms with Gasteiger partial charge in [-0.3, -0.25) is 0 Å². The van der Waals surface area contributed by atoms with Crippen molar-refractivity contribution in [3.05, 3.63) is 132 Å². The quantitative estimate of drug-likeness (QED) is 0.176. The highest BCUT2D eigenvalue weighted by atomic mass is 15.3. The second kappa shape index (κ2) is 10.5. The van der Waals surface area contributed by atoms with Gasteiger partial charge in [0.05, 0.1) is 22.5 Å². The number of hydrogen-bond donors (Lipinski definition) is 0. The van der Waals surface area contributed by atoms with E-state index in [1.165, 1.54) is 118 Å². The molecule has 0 radical (unpaired) electrons. The van der Waals surface area contributed by atoms with Gasteiger partial charge in [0.15, 0.2) is 0 Å². The zero-order chi connectivity index (χ0) is 33.9. The van der Waals surface area contributed by atoms with Crippen molar-refractivity contribution in [2.45, 2.75) is 101 Å². The number of rotatable bonds is 3. The first kappa shape index (κ1) is 30.3. The average molecular weight is 653 g/mol. The first-order valence-corrected chi connectivity index (χ1v) is 19.1. The predicted molar refractivity (Wildman–Crippen MR) is 213 cm³/mol. The lowest BCUT2D eigenvalue weighted by Crippen LogP contribution is -2.55. The van der Waals surface area contributed by atoms with Crippen molar-refractivity contribution in [2.75, 3.05) is 9.80 Å². The van der Waals surface area contributed by atoms with Crippen molar-refractivity contribution < 1.29 is 0 Å². The van der Waals surface area contributed by atoms with Gasteiger partial charge in [-0.05, 0) is 80.0 Å². The van der Waals surface area contributed by atoms with Gasteiger partial charge in [0.1, 0.15) is 0 Å². The van der Waals surface area contributed by atoms with E-state index >= 15 is 0 Å². The van der Waals surface area contributed by atoms with Gasteiger partial charge in [-0.25, -0.2) is 0 Å². The van der Waals surface area contributed by atoms with E-state index in [4.69, 9.17) is 0 Å². The molecule has 0 saturated heterocycles. The molecule has 250 valence electrons. The van der Waals surface area contributed by atoms with Crippen LogP contribution in [0.5, 0.6) is 0 Å². The molecule has 0 bridgehead atoms. The lowest BCUT2D eigenvalue weighted by atomic mass is 9.61. The maximum atomic E-state index is 2.83. The molecule has 2 heterocycles. The molecule has 4 atom stereocenters. The Morgan fingerprint density at radius 2 is 0.840 bits per heavy atom. The Balaban J connectivity index is 1.35. The molecule has 10 rings (SSSR count). The first-order chi connectivity index (χ1) is 24.3. The number of anilines is 4. The number of nitrogens with zero attached hydrogens (tertiary/aromatic N) is 2. The van der Waals surface area contributed by atoms with E-state index in [2.05, 4.69) is 159 Å². The Hall–Kier alpha value is -4.56. The van der Waals surface area contributed by atoms with Crippen molar-refractivity contribution in [3.8, 4) is 11.1 Å². The molecule has 2 aliphatic carbocycles. The maximum absolute atomic E-state index is 2.83. The molecule has 6 aromatic carbocycles. The third-order valence-electron chi connectivity index (χ3n) is 14.5. The van der Waals surface area contributed by atoms with E-state index in [1.807, 2.05) is 0 Å². The monoisotopic (exact) mass is 652 g/mol. The van der Waals surface area contributed by atoms with Gasteiger partial charge in [-0.15, -0.1) is 0 Å². The molecule has 6 aromatic rings. The molecule has 0 N–H and O–H groups in total. The molecule has 2 saturated carbocycles. The summed E-state index contributed by atoms with van der Waals surface area (Å²) < 4.78 is 0. The summed E-state index contributed by atoms with van der Waals surface area (Å²) in [5.74, 6) is 0. The molecule has 50 heavy (non-hydrogen) atoms. The van der Waals surface area contributed by atoms with E-state index in [1.54, 1.807) is 0 Å². The van der Waals surface area contributed by atoms with Gasteiger partial charge in [-0.2, -0.15) is 0 Å². The Morgan fingerprint density at radius 3 is 1.40 bits per heavy atom. The summed E-state index contributed by atoms with van der Waals surface area (Å²) in [5, 5.41) is 5.43. The third-order valence-corrected chi connectivity index (χ3v) is 14.5. The maximum Gasteiger partial charge on any atom is 0.0577 e. The Labute approximate surface area is 297 Å². The van der Waals surface area contributed by atoms with Crippen LogP contribution in [0.2, 0.25) is 0 Å². The zero-order valence-electron chi connectivity index (χ0n) is 30.1. The van der Waals surface area contributed by atoms with Crippen LogP contribution in [-0.2, 0) is 10.8 Å². The zero-order valence-corrected chi connectivity index (χ0v) is 30.1. The third kappa shape index (κ3) is 3.70. The van der Waals surface area contributed by atoms with Crippen molar-refractivity contribution in [2.24, 2.45) is 0 Å². The molecular formula is C48H48N2. The topological polar surface area (TPSA) is 6.48 Å². The van der Waals surface area contributed by atoms with E-state index in [9.17, 15) is 0 Å². The molecule has 0 aromatic heterocycles. The standard InChI is InChI=1S/C48H48N2/c1-45-28-14-16-30-47(45,3)49(41-24-12-10-22-39(41)45)43-35-20-8-9-21-36(35)44(38-32-34(26-27-37(38)43)33-18-6-5-7-19-33)50-42-25-13-11-23-40(42)46(2)29-15-17-31-48(46,50)4/h5-13,18-27,32H,14-17,28-31H2,1-4H3. The molecule has 4 aliphatic rings. The highest BCUT2D eigenvalue weighted by molar-refractivity contribution is 6.23. The summed E-state index contributed by atoms with van der Waals surface area (Å²) >= 11 is 0. The Kier molecular flexibility index (Phi) is 6.35. The van der Waals surface area contributed by atoms with Gasteiger partial charge in [0.2, 0.25) is 0 Å². The van der Waals surface area contributed by atoms with Crippen molar-refractivity contribution >= 4 is 44.3 Å². The summed E-state index contributed by atoms with van der Waals surface area (Å²) in [6.07, 6.45) is 9.94. The molecule has 2 aliphatic heterocycles. The van der Waals surface area contributed by atoms with E-state index in [0.717, 1.165) is 0 Å². The van der Waals surface area contributed by atoms with E-state index in [-0.39, 0.29) is 21.9 Å². The van der Waals surface area contributed by atoms with Crippen LogP contribution in [-0.4, -0.2) is 11.1 Å². The summed E-state index contributed by atoms with van der Waals surface area (Å²) in [6, 6.07) is 46.5. The lowest BCUT2D eigenvalue weighted by Gasteiger charge is -2.52. The second-order valence-electron chi connectivity index (χ2n) is 16.7. The normalized spacial score (nSPS) is 28.4. The minimum Gasteiger partial charge on any atom is -0.333 e. The largest absolute Gasteiger partial charge is 0.333 e. The highest BCUT2D eigenvalue weighted by Crippen LogP contribution is 2.65. The average Bonchev–Trinajstić information content (AvgIpc) is 3.49. The molecular weight excluding hydrogens is 605 g/mol. The molecule has 4 unspecified atom stereocenters. The minimum atomic E-state index is -0.0386. The van der Waals surface area contributed by atoms with Crippen LogP contribution < -0.4 is 9.80 Å². The van der Waals surface area contributed by atoms with Gasteiger partial charge >= 0.3 is 0 Å². The molecule has 2 fully saturated rings. The summed E-state index contributed by atoms with van der Waals surface area (Å²) in [4.78, 5) is 5.65. The van der Waals surface area contributed by atoms with Crippen molar-refractivity contribution in [1.29, 1.82) is 0 Å². The number of fused-ring (bicyclic) bond motifs is 8. The van der Waals surface area contributed by atoms with Crippen molar-refractivity contribution in [1.82, 2.24) is 0 Å². The highest BCUT2D eigenvalue weighted by Gasteiger charge is 2.60. The number of hydrogen-bond acceptors (Lipinski definition) is 2. The van der Waals surface area contributed by atoms with Crippen LogP contribution in [0.3, 0.4) is 0 Å². The fourth-order valence-corrected chi connectivity index (χ4v) is 11.5. The van der Waals surface area contributed by atoms with Crippen LogP contribution in [0.15, 0.2) is 121 Å². The number of para-hydroxylation sites is 2. The SMILES string of the molecule is CC12CCCCC1(C)N(c1c3ccccc3c(N3c4ccccc4C4(C)CCCCC34C)c3cc(-c4ccccc4)ccc13)c1ccccc12. The van der Waals surface area contributed by atoms with Gasteiger partial charge in [-0.1, -0.05) is 143 Å². The van der Waals surface area contributed by atoms with Crippen LogP contribution in [0.4, 0.5) is 22.7 Å².